The van der Waals surface area contributed by atoms with Gasteiger partial charge < -0.3 is 20.5 Å². The Kier molecular flexibility index (Phi) is 4.45. The number of carboxylic acid groups (broad SMARTS) is 1. The van der Waals surface area contributed by atoms with Crippen LogP contribution in [-0.2, 0) is 0 Å². The number of carbonyl (C=O) groups is 2. The van der Waals surface area contributed by atoms with Crippen molar-refractivity contribution in [3.8, 4) is 5.75 Å². The molecule has 0 spiro atoms. The number of hydrogen-bond acceptors (Lipinski definition) is 3. The first-order valence-electron chi connectivity index (χ1n) is 6.56. The number of amides is 2. The molecule has 1 aliphatic carbocycles. The number of anilines is 1. The van der Waals surface area contributed by atoms with Crippen LogP contribution in [0.1, 0.15) is 29.6 Å². The van der Waals surface area contributed by atoms with Gasteiger partial charge in [0.1, 0.15) is 11.3 Å². The molecule has 0 unspecified atom stereocenters. The van der Waals surface area contributed by atoms with Gasteiger partial charge >= 0.3 is 12.0 Å². The van der Waals surface area contributed by atoms with E-state index in [1.54, 1.807) is 0 Å². The fraction of sp³-hybridized carbons (Fsp3) is 0.429. The van der Waals surface area contributed by atoms with Gasteiger partial charge in [-0.3, -0.25) is 0 Å². The van der Waals surface area contributed by atoms with Crippen LogP contribution in [0, 0.1) is 5.92 Å². The summed E-state index contributed by atoms with van der Waals surface area (Å²) in [6.45, 7) is 0.654. The number of aromatic carboxylic acids is 1. The molecule has 0 aliphatic heterocycles. The van der Waals surface area contributed by atoms with Gasteiger partial charge in [0, 0.05) is 18.3 Å². The summed E-state index contributed by atoms with van der Waals surface area (Å²) in [7, 11) is 1.39. The van der Waals surface area contributed by atoms with Gasteiger partial charge in [-0.2, -0.15) is 0 Å². The molecule has 1 aromatic carbocycles. The number of ether oxygens (including phenoxy) is 1. The molecule has 1 saturated carbocycles. The van der Waals surface area contributed by atoms with Crippen molar-refractivity contribution in [3.05, 3.63) is 23.8 Å². The Bertz CT molecular complexity index is 512. The lowest BCUT2D eigenvalue weighted by molar-refractivity contribution is 0.0693. The molecule has 6 nitrogen and oxygen atoms in total. The average molecular weight is 278 g/mol. The second-order valence-electron chi connectivity index (χ2n) is 4.83. The molecule has 1 aliphatic rings. The minimum absolute atomic E-state index is 0.0622. The zero-order valence-corrected chi connectivity index (χ0v) is 11.3. The minimum Gasteiger partial charge on any atom is -0.496 e. The number of urea groups is 1. The van der Waals surface area contributed by atoms with E-state index in [9.17, 15) is 9.59 Å². The van der Waals surface area contributed by atoms with Crippen molar-refractivity contribution in [1.82, 2.24) is 5.32 Å². The van der Waals surface area contributed by atoms with Gasteiger partial charge in [-0.15, -0.1) is 0 Å². The van der Waals surface area contributed by atoms with Crippen molar-refractivity contribution < 1.29 is 19.4 Å². The summed E-state index contributed by atoms with van der Waals surface area (Å²) in [6.07, 6.45) is 3.53. The van der Waals surface area contributed by atoms with Crippen LogP contribution < -0.4 is 15.4 Å². The Morgan fingerprint density at radius 1 is 1.40 bits per heavy atom. The van der Waals surface area contributed by atoms with Crippen LogP contribution in [0.2, 0.25) is 0 Å². The van der Waals surface area contributed by atoms with E-state index in [4.69, 9.17) is 9.84 Å². The Labute approximate surface area is 117 Å². The lowest BCUT2D eigenvalue weighted by Gasteiger charge is -2.10. The SMILES string of the molecule is COc1cc(NC(=O)NCCC2CC2)ccc1C(=O)O. The Morgan fingerprint density at radius 2 is 2.15 bits per heavy atom. The molecule has 2 rings (SSSR count). The van der Waals surface area contributed by atoms with Crippen molar-refractivity contribution in [2.75, 3.05) is 19.0 Å². The van der Waals surface area contributed by atoms with E-state index < -0.39 is 5.97 Å². The molecule has 0 bridgehead atoms. The molecule has 0 saturated heterocycles. The molecular formula is C14H18N2O4. The van der Waals surface area contributed by atoms with Gasteiger partial charge in [-0.25, -0.2) is 9.59 Å². The molecule has 0 atom stereocenters. The van der Waals surface area contributed by atoms with Crippen LogP contribution in [0.15, 0.2) is 18.2 Å². The summed E-state index contributed by atoms with van der Waals surface area (Å²) in [5.74, 6) is -0.0826. The molecule has 3 N–H and O–H groups in total. The van der Waals surface area contributed by atoms with Crippen LogP contribution in [0.5, 0.6) is 5.75 Å². The number of carboxylic acids is 1. The molecule has 2 amide bonds. The third-order valence-corrected chi connectivity index (χ3v) is 3.22. The summed E-state index contributed by atoms with van der Waals surface area (Å²) in [5.41, 5.74) is 0.558. The topological polar surface area (TPSA) is 87.7 Å². The van der Waals surface area contributed by atoms with E-state index in [-0.39, 0.29) is 17.3 Å². The Balaban J connectivity index is 1.90. The third-order valence-electron chi connectivity index (χ3n) is 3.22. The van der Waals surface area contributed by atoms with Crippen LogP contribution in [0.4, 0.5) is 10.5 Å². The maximum absolute atomic E-state index is 11.7. The van der Waals surface area contributed by atoms with Crippen molar-refractivity contribution in [1.29, 1.82) is 0 Å². The number of rotatable bonds is 6. The van der Waals surface area contributed by atoms with E-state index in [2.05, 4.69) is 10.6 Å². The maximum atomic E-state index is 11.7. The molecular weight excluding hydrogens is 260 g/mol. The largest absolute Gasteiger partial charge is 0.496 e. The summed E-state index contributed by atoms with van der Waals surface area (Å²) in [6, 6.07) is 4.13. The lowest BCUT2D eigenvalue weighted by Crippen LogP contribution is -2.29. The number of carbonyl (C=O) groups excluding carboxylic acids is 1. The minimum atomic E-state index is -1.07. The molecule has 1 fully saturated rings. The lowest BCUT2D eigenvalue weighted by atomic mass is 10.2. The molecule has 108 valence electrons. The molecule has 20 heavy (non-hydrogen) atoms. The predicted octanol–water partition coefficient (Wildman–Crippen LogP) is 2.31. The van der Waals surface area contributed by atoms with E-state index in [0.717, 1.165) is 12.3 Å². The van der Waals surface area contributed by atoms with Gasteiger partial charge in [0.05, 0.1) is 7.11 Å². The first-order valence-corrected chi connectivity index (χ1v) is 6.56. The van der Waals surface area contributed by atoms with E-state index in [0.29, 0.717) is 12.2 Å². The fourth-order valence-corrected chi connectivity index (χ4v) is 1.92. The average Bonchev–Trinajstić information content (AvgIpc) is 3.22. The zero-order valence-electron chi connectivity index (χ0n) is 11.3. The van der Waals surface area contributed by atoms with Crippen molar-refractivity contribution in [2.24, 2.45) is 5.92 Å². The first-order chi connectivity index (χ1) is 9.60. The van der Waals surface area contributed by atoms with Gasteiger partial charge in [0.15, 0.2) is 0 Å². The smallest absolute Gasteiger partial charge is 0.339 e. The molecule has 0 radical (unpaired) electrons. The highest BCUT2D eigenvalue weighted by Crippen LogP contribution is 2.31. The van der Waals surface area contributed by atoms with Crippen molar-refractivity contribution >= 4 is 17.7 Å². The third kappa shape index (κ3) is 3.88. The summed E-state index contributed by atoms with van der Waals surface area (Å²) in [5, 5.41) is 14.4. The molecule has 1 aromatic rings. The monoisotopic (exact) mass is 278 g/mol. The Morgan fingerprint density at radius 3 is 2.75 bits per heavy atom. The second-order valence-corrected chi connectivity index (χ2v) is 4.83. The van der Waals surface area contributed by atoms with Gasteiger partial charge in [0.2, 0.25) is 0 Å². The molecule has 0 aromatic heterocycles. The molecule has 0 heterocycles. The highest BCUT2D eigenvalue weighted by molar-refractivity contribution is 5.94. The van der Waals surface area contributed by atoms with E-state index >= 15 is 0 Å². The van der Waals surface area contributed by atoms with Crippen LogP contribution in [0.25, 0.3) is 0 Å². The normalized spacial score (nSPS) is 13.7. The quantitative estimate of drug-likeness (QED) is 0.745. The highest BCUT2D eigenvalue weighted by Gasteiger charge is 2.20. The number of benzene rings is 1. The highest BCUT2D eigenvalue weighted by atomic mass is 16.5. The van der Waals surface area contributed by atoms with Crippen molar-refractivity contribution in [3.63, 3.8) is 0 Å². The van der Waals surface area contributed by atoms with E-state index in [1.807, 2.05) is 0 Å². The Hall–Kier alpha value is -2.24. The zero-order chi connectivity index (χ0) is 14.5. The first kappa shape index (κ1) is 14.2. The van der Waals surface area contributed by atoms with Crippen LogP contribution >= 0.6 is 0 Å². The summed E-state index contributed by atoms with van der Waals surface area (Å²) in [4.78, 5) is 22.6. The van der Waals surface area contributed by atoms with Gasteiger partial charge in [0.25, 0.3) is 0 Å². The predicted molar refractivity (Wildman–Crippen MR) is 74.3 cm³/mol. The summed E-state index contributed by atoms with van der Waals surface area (Å²) < 4.78 is 5.00. The standard InChI is InChI=1S/C14H18N2O4/c1-20-12-8-10(4-5-11(12)13(17)18)16-14(19)15-7-6-9-2-3-9/h4-5,8-9H,2-3,6-7H2,1H3,(H,17,18)(H2,15,16,19). The number of methoxy groups -OCH3 is 1. The van der Waals surface area contributed by atoms with Gasteiger partial charge in [-0.05, 0) is 24.5 Å². The maximum Gasteiger partial charge on any atom is 0.339 e. The van der Waals surface area contributed by atoms with Crippen LogP contribution in [0.3, 0.4) is 0 Å². The summed E-state index contributed by atoms with van der Waals surface area (Å²) >= 11 is 0. The second kappa shape index (κ2) is 6.27. The fourth-order valence-electron chi connectivity index (χ4n) is 1.92. The number of hydrogen-bond donors (Lipinski definition) is 3. The number of nitrogens with one attached hydrogen (secondary N) is 2. The van der Waals surface area contributed by atoms with E-state index in [1.165, 1.54) is 38.2 Å². The van der Waals surface area contributed by atoms with Gasteiger partial charge in [-0.1, -0.05) is 12.8 Å². The molecule has 6 heteroatoms. The van der Waals surface area contributed by atoms with Crippen LogP contribution in [-0.4, -0.2) is 30.8 Å². The van der Waals surface area contributed by atoms with Crippen molar-refractivity contribution in [2.45, 2.75) is 19.3 Å².